The summed E-state index contributed by atoms with van der Waals surface area (Å²) >= 11 is 0. The second-order valence-electron chi connectivity index (χ2n) is 5.20. The summed E-state index contributed by atoms with van der Waals surface area (Å²) in [5.74, 6) is -0.316. The molecule has 1 aliphatic heterocycles. The van der Waals surface area contributed by atoms with Gasteiger partial charge in [0.15, 0.2) is 0 Å². The summed E-state index contributed by atoms with van der Waals surface area (Å²) in [4.78, 5) is 24.9. The van der Waals surface area contributed by atoms with Crippen molar-refractivity contribution in [2.45, 2.75) is 38.9 Å². The van der Waals surface area contributed by atoms with Gasteiger partial charge in [0, 0.05) is 26.1 Å². The normalized spacial score (nSPS) is 22.8. The van der Waals surface area contributed by atoms with Crippen molar-refractivity contribution in [1.29, 1.82) is 0 Å². The number of hydrogen-bond acceptors (Lipinski definition) is 6. The molecule has 1 amide bonds. The van der Waals surface area contributed by atoms with Crippen molar-refractivity contribution in [3.05, 3.63) is 0 Å². The first kappa shape index (κ1) is 17.9. The zero-order valence-electron chi connectivity index (χ0n) is 12.8. The highest BCUT2D eigenvalue weighted by molar-refractivity contribution is 5.78. The summed E-state index contributed by atoms with van der Waals surface area (Å²) in [6.07, 6.45) is 0.663. The minimum absolute atomic E-state index is 0.00696. The van der Waals surface area contributed by atoms with E-state index in [0.717, 1.165) is 0 Å². The lowest BCUT2D eigenvalue weighted by molar-refractivity contribution is -0.143. The van der Waals surface area contributed by atoms with Crippen LogP contribution in [0.4, 0.5) is 0 Å². The number of ether oxygens (including phenoxy) is 2. The van der Waals surface area contributed by atoms with Crippen LogP contribution in [0.25, 0.3) is 0 Å². The maximum atomic E-state index is 11.8. The number of amides is 1. The van der Waals surface area contributed by atoms with E-state index in [1.54, 1.807) is 6.92 Å². The first-order valence-corrected chi connectivity index (χ1v) is 7.46. The summed E-state index contributed by atoms with van der Waals surface area (Å²) < 4.78 is 10.3. The van der Waals surface area contributed by atoms with E-state index < -0.39 is 0 Å². The van der Waals surface area contributed by atoms with Gasteiger partial charge in [-0.05, 0) is 20.3 Å². The SMILES string of the molecule is CCOC(=O)CCCNC(=O)CN1CC(C)OC(CO)C1. The van der Waals surface area contributed by atoms with Crippen LogP contribution in [0.3, 0.4) is 0 Å². The molecule has 122 valence electrons. The van der Waals surface area contributed by atoms with Crippen LogP contribution in [0.5, 0.6) is 0 Å². The van der Waals surface area contributed by atoms with Crippen molar-refractivity contribution in [3.63, 3.8) is 0 Å². The molecule has 2 atom stereocenters. The molecular formula is C14H26N2O5. The zero-order valence-corrected chi connectivity index (χ0v) is 12.8. The predicted octanol–water partition coefficient (Wildman–Crippen LogP) is -0.472. The smallest absolute Gasteiger partial charge is 0.305 e. The summed E-state index contributed by atoms with van der Waals surface area (Å²) in [7, 11) is 0. The van der Waals surface area contributed by atoms with E-state index in [-0.39, 0.29) is 37.2 Å². The molecule has 21 heavy (non-hydrogen) atoms. The van der Waals surface area contributed by atoms with Crippen LogP contribution >= 0.6 is 0 Å². The Morgan fingerprint density at radius 1 is 1.43 bits per heavy atom. The molecule has 2 unspecified atom stereocenters. The van der Waals surface area contributed by atoms with Crippen molar-refractivity contribution in [1.82, 2.24) is 10.2 Å². The molecule has 0 bridgehead atoms. The van der Waals surface area contributed by atoms with Gasteiger partial charge in [0.25, 0.3) is 0 Å². The number of carbonyl (C=O) groups excluding carboxylic acids is 2. The van der Waals surface area contributed by atoms with Gasteiger partial charge < -0.3 is 19.9 Å². The van der Waals surface area contributed by atoms with Gasteiger partial charge in [0.1, 0.15) is 0 Å². The Labute approximate surface area is 125 Å². The largest absolute Gasteiger partial charge is 0.466 e. The zero-order chi connectivity index (χ0) is 15.7. The quantitative estimate of drug-likeness (QED) is 0.465. The number of nitrogens with one attached hydrogen (secondary N) is 1. The summed E-state index contributed by atoms with van der Waals surface area (Å²) in [5.41, 5.74) is 0. The number of esters is 1. The molecule has 1 saturated heterocycles. The van der Waals surface area contributed by atoms with E-state index in [0.29, 0.717) is 39.1 Å². The number of aliphatic hydroxyl groups is 1. The van der Waals surface area contributed by atoms with Crippen LogP contribution in [0.1, 0.15) is 26.7 Å². The van der Waals surface area contributed by atoms with Crippen molar-refractivity contribution in [3.8, 4) is 0 Å². The van der Waals surface area contributed by atoms with E-state index in [1.807, 2.05) is 11.8 Å². The predicted molar refractivity (Wildman–Crippen MR) is 76.7 cm³/mol. The van der Waals surface area contributed by atoms with Crippen molar-refractivity contribution < 1.29 is 24.2 Å². The van der Waals surface area contributed by atoms with Crippen molar-refractivity contribution >= 4 is 11.9 Å². The van der Waals surface area contributed by atoms with Gasteiger partial charge in [-0.15, -0.1) is 0 Å². The molecule has 1 heterocycles. The van der Waals surface area contributed by atoms with E-state index in [1.165, 1.54) is 0 Å². The van der Waals surface area contributed by atoms with Crippen LogP contribution in [0, 0.1) is 0 Å². The maximum Gasteiger partial charge on any atom is 0.305 e. The topological polar surface area (TPSA) is 88.1 Å². The monoisotopic (exact) mass is 302 g/mol. The van der Waals surface area contributed by atoms with Gasteiger partial charge in [-0.25, -0.2) is 0 Å². The molecule has 7 heteroatoms. The van der Waals surface area contributed by atoms with Crippen LogP contribution in [0.15, 0.2) is 0 Å². The molecule has 0 aliphatic carbocycles. The van der Waals surface area contributed by atoms with E-state index in [9.17, 15) is 9.59 Å². The summed E-state index contributed by atoms with van der Waals surface area (Å²) in [6, 6.07) is 0. The Hall–Kier alpha value is -1.18. The Morgan fingerprint density at radius 3 is 2.86 bits per heavy atom. The second-order valence-corrected chi connectivity index (χ2v) is 5.20. The first-order valence-electron chi connectivity index (χ1n) is 7.46. The Balaban J connectivity index is 2.16. The Kier molecular flexibility index (Phi) is 8.26. The summed E-state index contributed by atoms with van der Waals surface area (Å²) in [5, 5.41) is 11.9. The number of rotatable bonds is 8. The fourth-order valence-corrected chi connectivity index (χ4v) is 2.32. The minimum atomic E-state index is -0.237. The highest BCUT2D eigenvalue weighted by Crippen LogP contribution is 2.10. The number of hydrogen-bond donors (Lipinski definition) is 2. The molecular weight excluding hydrogens is 276 g/mol. The number of morpholine rings is 1. The lowest BCUT2D eigenvalue weighted by Gasteiger charge is -2.35. The third kappa shape index (κ3) is 7.40. The molecule has 0 saturated carbocycles. The summed E-state index contributed by atoms with van der Waals surface area (Å²) in [6.45, 7) is 6.00. The molecule has 1 rings (SSSR count). The van der Waals surface area contributed by atoms with Crippen LogP contribution < -0.4 is 5.32 Å². The van der Waals surface area contributed by atoms with Crippen molar-refractivity contribution in [2.24, 2.45) is 0 Å². The Morgan fingerprint density at radius 2 is 2.19 bits per heavy atom. The highest BCUT2D eigenvalue weighted by Gasteiger charge is 2.25. The molecule has 1 aliphatic rings. The second kappa shape index (κ2) is 9.70. The Bertz CT molecular complexity index is 337. The van der Waals surface area contributed by atoms with Gasteiger partial charge in [-0.3, -0.25) is 14.5 Å². The molecule has 1 fully saturated rings. The van der Waals surface area contributed by atoms with Gasteiger partial charge >= 0.3 is 5.97 Å². The van der Waals surface area contributed by atoms with E-state index in [4.69, 9.17) is 14.6 Å². The van der Waals surface area contributed by atoms with Gasteiger partial charge in [0.2, 0.25) is 5.91 Å². The van der Waals surface area contributed by atoms with E-state index in [2.05, 4.69) is 5.32 Å². The van der Waals surface area contributed by atoms with Gasteiger partial charge in [-0.2, -0.15) is 0 Å². The van der Waals surface area contributed by atoms with Crippen LogP contribution in [-0.4, -0.2) is 73.5 Å². The number of carbonyl (C=O) groups is 2. The molecule has 0 spiro atoms. The fourth-order valence-electron chi connectivity index (χ4n) is 2.32. The molecule has 0 radical (unpaired) electrons. The van der Waals surface area contributed by atoms with Crippen LogP contribution in [0.2, 0.25) is 0 Å². The molecule has 0 aromatic rings. The highest BCUT2D eigenvalue weighted by atomic mass is 16.5. The molecule has 7 nitrogen and oxygen atoms in total. The van der Waals surface area contributed by atoms with Crippen LogP contribution in [-0.2, 0) is 19.1 Å². The average Bonchev–Trinajstić information content (AvgIpc) is 2.43. The lowest BCUT2D eigenvalue weighted by Crippen LogP contribution is -2.51. The lowest BCUT2D eigenvalue weighted by atomic mass is 10.2. The fraction of sp³-hybridized carbons (Fsp3) is 0.857. The van der Waals surface area contributed by atoms with Crippen molar-refractivity contribution in [2.75, 3.05) is 39.4 Å². The average molecular weight is 302 g/mol. The molecule has 0 aromatic carbocycles. The first-order chi connectivity index (χ1) is 10.0. The van der Waals surface area contributed by atoms with E-state index >= 15 is 0 Å². The third-order valence-corrected chi connectivity index (χ3v) is 3.16. The standard InChI is InChI=1S/C14H26N2O5/c1-3-20-14(19)5-4-6-15-13(18)9-16-7-11(2)21-12(8-16)10-17/h11-12,17H,3-10H2,1-2H3,(H,15,18). The third-order valence-electron chi connectivity index (χ3n) is 3.16. The minimum Gasteiger partial charge on any atom is -0.466 e. The van der Waals surface area contributed by atoms with Gasteiger partial charge in [0.05, 0.1) is 32.0 Å². The number of aliphatic hydroxyl groups excluding tert-OH is 1. The van der Waals surface area contributed by atoms with Gasteiger partial charge in [-0.1, -0.05) is 0 Å². The maximum absolute atomic E-state index is 11.8. The molecule has 0 aromatic heterocycles. The number of nitrogens with zero attached hydrogens (tertiary/aromatic N) is 1. The molecule has 2 N–H and O–H groups in total.